The van der Waals surface area contributed by atoms with E-state index in [0.29, 0.717) is 17.9 Å². The number of para-hydroxylation sites is 3. The molecule has 1 aliphatic heterocycles. The van der Waals surface area contributed by atoms with Crippen LogP contribution in [0.3, 0.4) is 0 Å². The summed E-state index contributed by atoms with van der Waals surface area (Å²) in [4.78, 5) is 13.2. The van der Waals surface area contributed by atoms with Crippen LogP contribution < -0.4 is 19.1 Å². The maximum atomic E-state index is 13.2. The highest BCUT2D eigenvalue weighted by atomic mass is 32.2. The summed E-state index contributed by atoms with van der Waals surface area (Å²) in [7, 11) is -3.79. The van der Waals surface area contributed by atoms with Crippen molar-refractivity contribution in [2.75, 3.05) is 17.1 Å². The molecule has 0 fully saturated rings. The molecule has 0 saturated carbocycles. The molecule has 0 radical (unpaired) electrons. The number of amides is 1. The lowest BCUT2D eigenvalue weighted by Crippen LogP contribution is -2.45. The number of sulfonamides is 1. The van der Waals surface area contributed by atoms with Crippen LogP contribution in [0.5, 0.6) is 17.2 Å². The van der Waals surface area contributed by atoms with E-state index >= 15 is 0 Å². The molecule has 0 spiro atoms. The monoisotopic (exact) mass is 494 g/mol. The Morgan fingerprint density at radius 2 is 1.77 bits per heavy atom. The van der Waals surface area contributed by atoms with Crippen molar-refractivity contribution in [1.82, 2.24) is 5.32 Å². The number of anilines is 1. The van der Waals surface area contributed by atoms with E-state index in [9.17, 15) is 13.2 Å². The van der Waals surface area contributed by atoms with Crippen LogP contribution in [0.25, 0.3) is 0 Å². The molecule has 4 rings (SSSR count). The number of nitrogens with one attached hydrogen (secondary N) is 1. The fourth-order valence-electron chi connectivity index (χ4n) is 4.22. The Morgan fingerprint density at radius 1 is 1.09 bits per heavy atom. The van der Waals surface area contributed by atoms with Gasteiger partial charge in [-0.05, 0) is 51.1 Å². The van der Waals surface area contributed by atoms with E-state index in [1.165, 1.54) is 0 Å². The van der Waals surface area contributed by atoms with Gasteiger partial charge in [0.15, 0.2) is 5.75 Å². The smallest absolute Gasteiger partial charge is 0.241 e. The van der Waals surface area contributed by atoms with Gasteiger partial charge in [0.1, 0.15) is 23.6 Å². The zero-order valence-electron chi connectivity index (χ0n) is 20.3. The average Bonchev–Trinajstić information content (AvgIpc) is 2.78. The minimum absolute atomic E-state index is 0.289. The fraction of sp³-hybridized carbons (Fsp3) is 0.296. The molecule has 0 aliphatic carbocycles. The average molecular weight is 495 g/mol. The van der Waals surface area contributed by atoms with Gasteiger partial charge in [0.2, 0.25) is 15.9 Å². The third-order valence-corrected chi connectivity index (χ3v) is 6.88. The van der Waals surface area contributed by atoms with Crippen molar-refractivity contribution in [2.24, 2.45) is 0 Å². The van der Waals surface area contributed by atoms with Gasteiger partial charge in [-0.25, -0.2) is 8.42 Å². The predicted molar refractivity (Wildman–Crippen MR) is 137 cm³/mol. The zero-order chi connectivity index (χ0) is 25.2. The van der Waals surface area contributed by atoms with E-state index in [-0.39, 0.29) is 18.3 Å². The van der Waals surface area contributed by atoms with Crippen LogP contribution in [0.2, 0.25) is 0 Å². The first kappa shape index (κ1) is 24.6. The van der Waals surface area contributed by atoms with Crippen LogP contribution in [-0.2, 0) is 14.8 Å². The molecule has 1 aliphatic rings. The van der Waals surface area contributed by atoms with Crippen molar-refractivity contribution in [3.8, 4) is 17.2 Å². The topological polar surface area (TPSA) is 84.9 Å². The van der Waals surface area contributed by atoms with Crippen LogP contribution in [-0.4, -0.2) is 32.7 Å². The summed E-state index contributed by atoms with van der Waals surface area (Å²) in [5, 5.41) is 3.03. The molecule has 1 amide bonds. The highest BCUT2D eigenvalue weighted by Gasteiger charge is 2.35. The first-order valence-corrected chi connectivity index (χ1v) is 13.3. The normalized spacial score (nSPS) is 16.5. The number of rotatable bonds is 7. The number of benzene rings is 3. The van der Waals surface area contributed by atoms with Crippen molar-refractivity contribution in [1.29, 1.82) is 0 Å². The molecule has 1 heterocycles. The lowest BCUT2D eigenvalue weighted by Gasteiger charge is -2.38. The third kappa shape index (κ3) is 5.95. The molecule has 3 aromatic rings. The summed E-state index contributed by atoms with van der Waals surface area (Å²) < 4.78 is 38.7. The van der Waals surface area contributed by atoms with E-state index in [0.717, 1.165) is 27.4 Å². The standard InChI is InChI=1S/C27H30N2O5S/c1-19-14-15-24-21(16-19)22(17-27(2,3)34-24)28-26(30)18-29(35(4,31)32)23-12-8-9-13-25(23)33-20-10-6-5-7-11-20/h5-16,22H,17-18H2,1-4H3,(H,28,30). The van der Waals surface area contributed by atoms with Crippen LogP contribution in [0.1, 0.15) is 37.4 Å². The molecule has 0 aromatic heterocycles. The van der Waals surface area contributed by atoms with E-state index in [2.05, 4.69) is 5.32 Å². The number of ether oxygens (including phenoxy) is 2. The zero-order valence-corrected chi connectivity index (χ0v) is 21.1. The summed E-state index contributed by atoms with van der Waals surface area (Å²) in [5.41, 5.74) is 1.75. The summed E-state index contributed by atoms with van der Waals surface area (Å²) in [6, 6.07) is 21.4. The number of carbonyl (C=O) groups is 1. The maximum absolute atomic E-state index is 13.2. The van der Waals surface area contributed by atoms with Gasteiger partial charge in [0.25, 0.3) is 0 Å². The van der Waals surface area contributed by atoms with Crippen LogP contribution in [0.4, 0.5) is 5.69 Å². The van der Waals surface area contributed by atoms with Crippen molar-refractivity contribution in [3.63, 3.8) is 0 Å². The van der Waals surface area contributed by atoms with Gasteiger partial charge in [-0.15, -0.1) is 0 Å². The minimum Gasteiger partial charge on any atom is -0.487 e. The molecule has 8 heteroatoms. The lowest BCUT2D eigenvalue weighted by molar-refractivity contribution is -0.120. The van der Waals surface area contributed by atoms with Gasteiger partial charge in [-0.1, -0.05) is 48.0 Å². The Bertz CT molecular complexity index is 1320. The Kier molecular flexibility index (Phi) is 6.76. The molecule has 1 unspecified atom stereocenters. The Balaban J connectivity index is 1.60. The molecule has 7 nitrogen and oxygen atoms in total. The minimum atomic E-state index is -3.79. The lowest BCUT2D eigenvalue weighted by atomic mass is 9.89. The number of carbonyl (C=O) groups excluding carboxylic acids is 1. The predicted octanol–water partition coefficient (Wildman–Crippen LogP) is 4.97. The van der Waals surface area contributed by atoms with E-state index in [4.69, 9.17) is 9.47 Å². The van der Waals surface area contributed by atoms with E-state index in [1.807, 2.05) is 57.2 Å². The van der Waals surface area contributed by atoms with Gasteiger partial charge in [0.05, 0.1) is 18.0 Å². The van der Waals surface area contributed by atoms with Gasteiger partial charge >= 0.3 is 0 Å². The second-order valence-electron chi connectivity index (χ2n) is 9.38. The van der Waals surface area contributed by atoms with E-state index < -0.39 is 21.5 Å². The largest absolute Gasteiger partial charge is 0.487 e. The molecular weight excluding hydrogens is 464 g/mol. The van der Waals surface area contributed by atoms with Crippen LogP contribution >= 0.6 is 0 Å². The maximum Gasteiger partial charge on any atom is 0.241 e. The van der Waals surface area contributed by atoms with Crippen LogP contribution in [0, 0.1) is 6.92 Å². The number of nitrogens with zero attached hydrogens (tertiary/aromatic N) is 1. The van der Waals surface area contributed by atoms with Crippen molar-refractivity contribution in [2.45, 2.75) is 38.8 Å². The summed E-state index contributed by atoms with van der Waals surface area (Å²) in [6.45, 7) is 5.53. The first-order chi connectivity index (χ1) is 16.5. The fourth-order valence-corrected chi connectivity index (χ4v) is 5.08. The molecule has 0 bridgehead atoms. The highest BCUT2D eigenvalue weighted by molar-refractivity contribution is 7.92. The number of hydrogen-bond donors (Lipinski definition) is 1. The molecule has 1 N–H and O–H groups in total. The molecular formula is C27H30N2O5S. The van der Waals surface area contributed by atoms with E-state index in [1.54, 1.807) is 36.4 Å². The van der Waals surface area contributed by atoms with Gasteiger partial charge in [-0.3, -0.25) is 9.10 Å². The molecule has 0 saturated heterocycles. The quantitative estimate of drug-likeness (QED) is 0.501. The first-order valence-electron chi connectivity index (χ1n) is 11.4. The van der Waals surface area contributed by atoms with Gasteiger partial charge < -0.3 is 14.8 Å². The van der Waals surface area contributed by atoms with Crippen molar-refractivity contribution < 1.29 is 22.7 Å². The Morgan fingerprint density at radius 3 is 2.49 bits per heavy atom. The second-order valence-corrected chi connectivity index (χ2v) is 11.3. The Hall–Kier alpha value is -3.52. The molecule has 3 aromatic carbocycles. The van der Waals surface area contributed by atoms with Crippen molar-refractivity contribution >= 4 is 21.6 Å². The number of aryl methyl sites for hydroxylation is 1. The van der Waals surface area contributed by atoms with Gasteiger partial charge in [0, 0.05) is 12.0 Å². The van der Waals surface area contributed by atoms with Crippen molar-refractivity contribution in [3.05, 3.63) is 83.9 Å². The number of fused-ring (bicyclic) bond motifs is 1. The summed E-state index contributed by atoms with van der Waals surface area (Å²) in [5.74, 6) is 1.21. The SMILES string of the molecule is Cc1ccc2c(c1)C(NC(=O)CN(c1ccccc1Oc1ccccc1)S(C)(=O)=O)CC(C)(C)O2. The van der Waals surface area contributed by atoms with Gasteiger partial charge in [-0.2, -0.15) is 0 Å². The molecule has 184 valence electrons. The molecule has 1 atom stereocenters. The highest BCUT2D eigenvalue weighted by Crippen LogP contribution is 2.40. The number of hydrogen-bond acceptors (Lipinski definition) is 5. The molecule has 35 heavy (non-hydrogen) atoms. The van der Waals surface area contributed by atoms with Crippen LogP contribution in [0.15, 0.2) is 72.8 Å². The Labute approximate surface area is 206 Å². The second kappa shape index (κ2) is 9.62. The summed E-state index contributed by atoms with van der Waals surface area (Å²) >= 11 is 0. The third-order valence-electron chi connectivity index (χ3n) is 5.75. The summed E-state index contributed by atoms with van der Waals surface area (Å²) in [6.07, 6.45) is 1.64.